The lowest BCUT2D eigenvalue weighted by Gasteiger charge is -2.18. The van der Waals surface area contributed by atoms with E-state index >= 15 is 0 Å². The average Bonchev–Trinajstić information content (AvgIpc) is 1.88. The Morgan fingerprint density at radius 1 is 1.70 bits per heavy atom. The lowest BCUT2D eigenvalue weighted by atomic mass is 10.1. The molecule has 1 aliphatic rings. The van der Waals surface area contributed by atoms with E-state index in [4.69, 9.17) is 4.74 Å². The SMILES string of the molecule is C=C(C)C[C@@H]1CC=CCO1. The fraction of sp³-hybridized carbons (Fsp3) is 0.556. The van der Waals surface area contributed by atoms with Gasteiger partial charge in [-0.05, 0) is 19.8 Å². The van der Waals surface area contributed by atoms with E-state index in [1.165, 1.54) is 5.57 Å². The first-order chi connectivity index (χ1) is 4.79. The number of hydrogen-bond acceptors (Lipinski definition) is 1. The van der Waals surface area contributed by atoms with Crippen LogP contribution in [-0.4, -0.2) is 12.7 Å². The number of ether oxygens (including phenoxy) is 1. The van der Waals surface area contributed by atoms with Crippen LogP contribution in [0, 0.1) is 0 Å². The second kappa shape index (κ2) is 3.57. The summed E-state index contributed by atoms with van der Waals surface area (Å²) in [5, 5.41) is 0. The summed E-state index contributed by atoms with van der Waals surface area (Å²) in [7, 11) is 0. The van der Waals surface area contributed by atoms with Crippen molar-refractivity contribution >= 4 is 0 Å². The third-order valence-electron chi connectivity index (χ3n) is 1.57. The Labute approximate surface area is 62.4 Å². The molecular formula is C9H14O. The zero-order valence-corrected chi connectivity index (χ0v) is 6.47. The van der Waals surface area contributed by atoms with Crippen LogP contribution < -0.4 is 0 Å². The molecule has 1 nitrogen and oxygen atoms in total. The molecule has 0 aromatic rings. The Kier molecular flexibility index (Phi) is 2.69. The Bertz CT molecular complexity index is 147. The summed E-state index contributed by atoms with van der Waals surface area (Å²) in [6, 6.07) is 0. The van der Waals surface area contributed by atoms with Gasteiger partial charge in [-0.2, -0.15) is 0 Å². The van der Waals surface area contributed by atoms with Crippen LogP contribution in [0.15, 0.2) is 24.3 Å². The van der Waals surface area contributed by atoms with E-state index in [0.29, 0.717) is 6.10 Å². The normalized spacial score (nSPS) is 24.7. The van der Waals surface area contributed by atoms with Crippen molar-refractivity contribution in [1.82, 2.24) is 0 Å². The van der Waals surface area contributed by atoms with Crippen molar-refractivity contribution in [2.24, 2.45) is 0 Å². The van der Waals surface area contributed by atoms with Gasteiger partial charge in [0.25, 0.3) is 0 Å². The molecule has 0 aliphatic carbocycles. The van der Waals surface area contributed by atoms with Gasteiger partial charge in [0.05, 0.1) is 12.7 Å². The largest absolute Gasteiger partial charge is 0.374 e. The van der Waals surface area contributed by atoms with Gasteiger partial charge in [-0.15, -0.1) is 6.58 Å². The van der Waals surface area contributed by atoms with Crippen LogP contribution >= 0.6 is 0 Å². The highest BCUT2D eigenvalue weighted by Crippen LogP contribution is 2.13. The maximum atomic E-state index is 5.44. The van der Waals surface area contributed by atoms with Crippen LogP contribution in [0.5, 0.6) is 0 Å². The van der Waals surface area contributed by atoms with Crippen LogP contribution in [0.3, 0.4) is 0 Å². The average molecular weight is 138 g/mol. The third-order valence-corrected chi connectivity index (χ3v) is 1.57. The van der Waals surface area contributed by atoms with Crippen LogP contribution in [0.1, 0.15) is 19.8 Å². The predicted octanol–water partition coefficient (Wildman–Crippen LogP) is 2.30. The Hall–Kier alpha value is -0.560. The lowest BCUT2D eigenvalue weighted by Crippen LogP contribution is -2.15. The minimum atomic E-state index is 0.391. The van der Waals surface area contributed by atoms with Gasteiger partial charge in [0.15, 0.2) is 0 Å². The van der Waals surface area contributed by atoms with Gasteiger partial charge in [-0.25, -0.2) is 0 Å². The van der Waals surface area contributed by atoms with Crippen LogP contribution in [0.25, 0.3) is 0 Å². The molecule has 0 spiro atoms. The van der Waals surface area contributed by atoms with Crippen LogP contribution in [-0.2, 0) is 4.74 Å². The summed E-state index contributed by atoms with van der Waals surface area (Å²) >= 11 is 0. The first-order valence-corrected chi connectivity index (χ1v) is 3.70. The lowest BCUT2D eigenvalue weighted by molar-refractivity contribution is 0.0685. The highest BCUT2D eigenvalue weighted by atomic mass is 16.5. The van der Waals surface area contributed by atoms with E-state index in [0.717, 1.165) is 19.4 Å². The smallest absolute Gasteiger partial charge is 0.0651 e. The molecule has 0 aromatic heterocycles. The highest BCUT2D eigenvalue weighted by Gasteiger charge is 2.08. The summed E-state index contributed by atoms with van der Waals surface area (Å²) in [5.41, 5.74) is 1.21. The predicted molar refractivity (Wildman–Crippen MR) is 42.9 cm³/mol. The molecule has 0 amide bonds. The summed E-state index contributed by atoms with van der Waals surface area (Å²) in [6.07, 6.45) is 6.69. The molecule has 0 radical (unpaired) electrons. The van der Waals surface area contributed by atoms with Gasteiger partial charge >= 0.3 is 0 Å². The fourth-order valence-electron chi connectivity index (χ4n) is 1.11. The third kappa shape index (κ3) is 2.36. The molecular weight excluding hydrogens is 124 g/mol. The standard InChI is InChI=1S/C9H14O/c1-8(2)7-9-5-3-4-6-10-9/h3-4,9H,1,5-7H2,2H3/t9-/m0/s1. The van der Waals surface area contributed by atoms with Gasteiger partial charge in [0, 0.05) is 0 Å². The Balaban J connectivity index is 2.28. The quantitative estimate of drug-likeness (QED) is 0.532. The number of rotatable bonds is 2. The van der Waals surface area contributed by atoms with E-state index in [-0.39, 0.29) is 0 Å². The molecule has 1 heteroatoms. The van der Waals surface area contributed by atoms with Crippen molar-refractivity contribution in [2.75, 3.05) is 6.61 Å². The molecule has 0 fully saturated rings. The van der Waals surface area contributed by atoms with Gasteiger partial charge in [0.1, 0.15) is 0 Å². The molecule has 10 heavy (non-hydrogen) atoms. The van der Waals surface area contributed by atoms with Gasteiger partial charge in [-0.1, -0.05) is 17.7 Å². The van der Waals surface area contributed by atoms with Crippen molar-refractivity contribution in [1.29, 1.82) is 0 Å². The molecule has 0 saturated carbocycles. The summed E-state index contributed by atoms with van der Waals surface area (Å²) in [5.74, 6) is 0. The summed E-state index contributed by atoms with van der Waals surface area (Å²) in [6.45, 7) is 6.66. The monoisotopic (exact) mass is 138 g/mol. The second-order valence-corrected chi connectivity index (χ2v) is 2.82. The van der Waals surface area contributed by atoms with Gasteiger partial charge in [-0.3, -0.25) is 0 Å². The van der Waals surface area contributed by atoms with E-state index in [9.17, 15) is 0 Å². The first-order valence-electron chi connectivity index (χ1n) is 3.70. The molecule has 0 unspecified atom stereocenters. The van der Waals surface area contributed by atoms with E-state index in [2.05, 4.69) is 18.7 Å². The van der Waals surface area contributed by atoms with Gasteiger partial charge in [0.2, 0.25) is 0 Å². The molecule has 1 rings (SSSR count). The van der Waals surface area contributed by atoms with Crippen molar-refractivity contribution in [3.63, 3.8) is 0 Å². The molecule has 0 aromatic carbocycles. The highest BCUT2D eigenvalue weighted by molar-refractivity contribution is 4.96. The van der Waals surface area contributed by atoms with E-state index in [1.54, 1.807) is 0 Å². The van der Waals surface area contributed by atoms with E-state index < -0.39 is 0 Å². The minimum Gasteiger partial charge on any atom is -0.374 e. The molecule has 0 saturated heterocycles. The van der Waals surface area contributed by atoms with Crippen molar-refractivity contribution in [3.8, 4) is 0 Å². The number of hydrogen-bond donors (Lipinski definition) is 0. The maximum Gasteiger partial charge on any atom is 0.0651 e. The fourth-order valence-corrected chi connectivity index (χ4v) is 1.11. The zero-order valence-electron chi connectivity index (χ0n) is 6.47. The molecule has 1 atom stereocenters. The molecule has 0 N–H and O–H groups in total. The Morgan fingerprint density at radius 3 is 3.00 bits per heavy atom. The Morgan fingerprint density at radius 2 is 2.50 bits per heavy atom. The first kappa shape index (κ1) is 7.55. The summed E-state index contributed by atoms with van der Waals surface area (Å²) < 4.78 is 5.44. The molecule has 1 aliphatic heterocycles. The van der Waals surface area contributed by atoms with E-state index in [1.807, 2.05) is 6.92 Å². The molecule has 56 valence electrons. The minimum absolute atomic E-state index is 0.391. The molecule has 0 bridgehead atoms. The molecule has 1 heterocycles. The zero-order chi connectivity index (χ0) is 7.40. The topological polar surface area (TPSA) is 9.23 Å². The van der Waals surface area contributed by atoms with Crippen molar-refractivity contribution in [3.05, 3.63) is 24.3 Å². The van der Waals surface area contributed by atoms with Crippen molar-refractivity contribution < 1.29 is 4.74 Å². The summed E-state index contributed by atoms with van der Waals surface area (Å²) in [4.78, 5) is 0. The van der Waals surface area contributed by atoms with Gasteiger partial charge < -0.3 is 4.74 Å². The van der Waals surface area contributed by atoms with Crippen LogP contribution in [0.2, 0.25) is 0 Å². The van der Waals surface area contributed by atoms with Crippen molar-refractivity contribution in [2.45, 2.75) is 25.9 Å². The van der Waals surface area contributed by atoms with Crippen LogP contribution in [0.4, 0.5) is 0 Å². The second-order valence-electron chi connectivity index (χ2n) is 2.82. The maximum absolute atomic E-state index is 5.44.